The number of piperazine rings is 1. The van der Waals surface area contributed by atoms with Gasteiger partial charge >= 0.3 is 0 Å². The second-order valence-electron chi connectivity index (χ2n) is 6.86. The molecule has 0 atom stereocenters. The van der Waals surface area contributed by atoms with Crippen molar-refractivity contribution >= 4 is 27.5 Å². The Labute approximate surface area is 181 Å². The van der Waals surface area contributed by atoms with Crippen molar-refractivity contribution in [2.75, 3.05) is 26.2 Å². The fourth-order valence-electron chi connectivity index (χ4n) is 3.23. The third-order valence-electron chi connectivity index (χ3n) is 4.90. The van der Waals surface area contributed by atoms with E-state index in [1.54, 1.807) is 6.07 Å². The molecule has 0 spiro atoms. The first-order valence-electron chi connectivity index (χ1n) is 9.23. The maximum absolute atomic E-state index is 13.4. The molecule has 11 heteroatoms. The van der Waals surface area contributed by atoms with Gasteiger partial charge in [0.25, 0.3) is 5.91 Å². The smallest absolute Gasteiger partial charge is 0.292 e. The van der Waals surface area contributed by atoms with Gasteiger partial charge in [0.2, 0.25) is 15.8 Å². The van der Waals surface area contributed by atoms with Gasteiger partial charge in [-0.15, -0.1) is 0 Å². The third-order valence-corrected chi connectivity index (χ3v) is 7.08. The van der Waals surface area contributed by atoms with Crippen molar-refractivity contribution in [2.45, 2.75) is 4.90 Å². The van der Waals surface area contributed by atoms with E-state index in [1.807, 2.05) is 0 Å². The molecule has 1 aliphatic heterocycles. The summed E-state index contributed by atoms with van der Waals surface area (Å²) >= 11 is 5.70. The second-order valence-corrected chi connectivity index (χ2v) is 9.20. The van der Waals surface area contributed by atoms with Crippen LogP contribution in [-0.2, 0) is 10.0 Å². The minimum Gasteiger partial charge on any atom is -0.350 e. The number of aromatic nitrogens is 1. The zero-order valence-corrected chi connectivity index (χ0v) is 17.5. The predicted molar refractivity (Wildman–Crippen MR) is 108 cm³/mol. The average Bonchev–Trinajstić information content (AvgIpc) is 3.25. The predicted octanol–water partition coefficient (Wildman–Crippen LogP) is 3.42. The Bertz CT molecular complexity index is 1240. The highest BCUT2D eigenvalue weighted by molar-refractivity contribution is 7.89. The number of sulfonamides is 1. The molecule has 2 aromatic carbocycles. The zero-order chi connectivity index (χ0) is 22.2. The van der Waals surface area contributed by atoms with E-state index < -0.39 is 27.6 Å². The maximum atomic E-state index is 13.4. The van der Waals surface area contributed by atoms with Gasteiger partial charge in [-0.05, 0) is 30.3 Å². The summed E-state index contributed by atoms with van der Waals surface area (Å²) in [6.45, 7) is 0.355. The topological polar surface area (TPSA) is 83.7 Å². The van der Waals surface area contributed by atoms with Crippen molar-refractivity contribution in [3.05, 3.63) is 70.9 Å². The molecule has 0 unspecified atom stereocenters. The Balaban J connectivity index is 1.44. The van der Waals surface area contributed by atoms with Crippen molar-refractivity contribution in [2.24, 2.45) is 0 Å². The maximum Gasteiger partial charge on any atom is 0.292 e. The molecule has 1 amide bonds. The summed E-state index contributed by atoms with van der Waals surface area (Å²) < 4.78 is 58.6. The summed E-state index contributed by atoms with van der Waals surface area (Å²) in [5.74, 6) is -1.62. The van der Waals surface area contributed by atoms with Gasteiger partial charge < -0.3 is 9.42 Å². The number of hydrogen-bond acceptors (Lipinski definition) is 5. The molecule has 0 N–H and O–H groups in total. The number of halogens is 3. The van der Waals surface area contributed by atoms with Crippen LogP contribution in [0.2, 0.25) is 5.02 Å². The van der Waals surface area contributed by atoms with Gasteiger partial charge in [-0.1, -0.05) is 28.9 Å². The Morgan fingerprint density at radius 1 is 1.03 bits per heavy atom. The van der Waals surface area contributed by atoms with E-state index >= 15 is 0 Å². The zero-order valence-electron chi connectivity index (χ0n) is 16.0. The molecule has 162 valence electrons. The number of nitrogens with zero attached hydrogens (tertiary/aromatic N) is 3. The Hall–Kier alpha value is -2.82. The lowest BCUT2D eigenvalue weighted by Gasteiger charge is -2.33. The molecule has 0 aliphatic carbocycles. The van der Waals surface area contributed by atoms with Gasteiger partial charge in [0.15, 0.2) is 0 Å². The van der Waals surface area contributed by atoms with Crippen LogP contribution in [0.5, 0.6) is 0 Å². The molecular weight excluding hydrogens is 452 g/mol. The molecule has 1 saturated heterocycles. The van der Waals surface area contributed by atoms with E-state index in [2.05, 4.69) is 5.16 Å². The number of rotatable bonds is 4. The normalized spacial score (nSPS) is 15.3. The molecular formula is C20H16ClF2N3O4S. The van der Waals surface area contributed by atoms with E-state index in [-0.39, 0.29) is 41.9 Å². The number of carbonyl (C=O) groups is 1. The first kappa shape index (κ1) is 21.4. The van der Waals surface area contributed by atoms with Crippen LogP contribution in [0.15, 0.2) is 57.9 Å². The lowest BCUT2D eigenvalue weighted by atomic mass is 10.1. The summed E-state index contributed by atoms with van der Waals surface area (Å²) in [5, 5.41) is 3.53. The molecule has 1 aliphatic rings. The summed E-state index contributed by atoms with van der Waals surface area (Å²) in [5.41, 5.74) is 0.786. The van der Waals surface area contributed by atoms with E-state index in [4.69, 9.17) is 16.1 Å². The van der Waals surface area contributed by atoms with Crippen LogP contribution in [0.4, 0.5) is 8.78 Å². The largest absolute Gasteiger partial charge is 0.350 e. The SMILES string of the molecule is O=C(c1cc(-c2cccc(F)c2)no1)N1CCN(S(=O)(=O)c2ccc(F)c(Cl)c2)CC1. The average molecular weight is 468 g/mol. The number of carbonyl (C=O) groups excluding carboxylic acids is 1. The van der Waals surface area contributed by atoms with Gasteiger partial charge in [-0.3, -0.25) is 4.79 Å². The molecule has 0 saturated carbocycles. The lowest BCUT2D eigenvalue weighted by molar-refractivity contribution is 0.0656. The quantitative estimate of drug-likeness (QED) is 0.587. The van der Waals surface area contributed by atoms with Crippen molar-refractivity contribution in [1.82, 2.24) is 14.4 Å². The summed E-state index contributed by atoms with van der Waals surface area (Å²) in [6.07, 6.45) is 0. The highest BCUT2D eigenvalue weighted by Gasteiger charge is 2.32. The molecule has 1 fully saturated rings. The van der Waals surface area contributed by atoms with Crippen LogP contribution >= 0.6 is 11.6 Å². The Morgan fingerprint density at radius 3 is 2.45 bits per heavy atom. The minimum absolute atomic E-state index is 0.0270. The Kier molecular flexibility index (Phi) is 5.78. The third kappa shape index (κ3) is 4.32. The van der Waals surface area contributed by atoms with Crippen LogP contribution in [0, 0.1) is 11.6 Å². The highest BCUT2D eigenvalue weighted by Crippen LogP contribution is 2.24. The first-order valence-corrected chi connectivity index (χ1v) is 11.0. The van der Waals surface area contributed by atoms with Crippen molar-refractivity contribution < 1.29 is 26.5 Å². The van der Waals surface area contributed by atoms with Crippen LogP contribution in [-0.4, -0.2) is 54.9 Å². The van der Waals surface area contributed by atoms with E-state index in [9.17, 15) is 22.0 Å². The molecule has 2 heterocycles. The van der Waals surface area contributed by atoms with Crippen molar-refractivity contribution in [3.63, 3.8) is 0 Å². The minimum atomic E-state index is -3.88. The Morgan fingerprint density at radius 2 is 1.77 bits per heavy atom. The first-order chi connectivity index (χ1) is 14.8. The lowest BCUT2D eigenvalue weighted by Crippen LogP contribution is -2.50. The van der Waals surface area contributed by atoms with Crippen LogP contribution in [0.25, 0.3) is 11.3 Å². The molecule has 7 nitrogen and oxygen atoms in total. The van der Waals surface area contributed by atoms with E-state index in [0.717, 1.165) is 18.2 Å². The molecule has 1 aromatic heterocycles. The molecule has 0 bridgehead atoms. The highest BCUT2D eigenvalue weighted by atomic mass is 35.5. The fraction of sp³-hybridized carbons (Fsp3) is 0.200. The molecule has 0 radical (unpaired) electrons. The van der Waals surface area contributed by atoms with Gasteiger partial charge in [-0.2, -0.15) is 4.31 Å². The van der Waals surface area contributed by atoms with E-state index in [1.165, 1.54) is 33.5 Å². The summed E-state index contributed by atoms with van der Waals surface area (Å²) in [7, 11) is -3.88. The number of benzene rings is 2. The van der Waals surface area contributed by atoms with Crippen molar-refractivity contribution in [3.8, 4) is 11.3 Å². The van der Waals surface area contributed by atoms with Gasteiger partial charge in [0, 0.05) is 37.8 Å². The molecule has 3 aromatic rings. The second kappa shape index (κ2) is 8.37. The van der Waals surface area contributed by atoms with Crippen LogP contribution < -0.4 is 0 Å². The standard InChI is InChI=1S/C20H16ClF2N3O4S/c21-16-11-15(4-5-17(16)23)31(28,29)26-8-6-25(7-9-26)20(27)19-12-18(24-30-19)13-2-1-3-14(22)10-13/h1-5,10-12H,6-9H2. The summed E-state index contributed by atoms with van der Waals surface area (Å²) in [6, 6.07) is 10.4. The van der Waals surface area contributed by atoms with Gasteiger partial charge in [0.1, 0.15) is 17.3 Å². The number of amides is 1. The van der Waals surface area contributed by atoms with Crippen LogP contribution in [0.1, 0.15) is 10.6 Å². The molecule has 31 heavy (non-hydrogen) atoms. The molecule has 4 rings (SSSR count). The fourth-order valence-corrected chi connectivity index (χ4v) is 4.93. The van der Waals surface area contributed by atoms with Crippen molar-refractivity contribution in [1.29, 1.82) is 0 Å². The monoisotopic (exact) mass is 467 g/mol. The summed E-state index contributed by atoms with van der Waals surface area (Å²) in [4.78, 5) is 14.0. The van der Waals surface area contributed by atoms with Gasteiger partial charge in [-0.25, -0.2) is 17.2 Å². The van der Waals surface area contributed by atoms with E-state index in [0.29, 0.717) is 11.3 Å². The number of hydrogen-bond donors (Lipinski definition) is 0. The van der Waals surface area contributed by atoms with Crippen LogP contribution in [0.3, 0.4) is 0 Å². The van der Waals surface area contributed by atoms with Gasteiger partial charge in [0.05, 0.1) is 9.92 Å².